The molecule has 0 saturated carbocycles. The number of fused-ring (bicyclic) bond motifs is 1. The number of nitrogens with zero attached hydrogens (tertiary/aromatic N) is 1. The highest BCUT2D eigenvalue weighted by Crippen LogP contribution is 2.34. The summed E-state index contributed by atoms with van der Waals surface area (Å²) in [7, 11) is 0. The summed E-state index contributed by atoms with van der Waals surface area (Å²) in [5.74, 6) is 0.0000400. The molecule has 0 N–H and O–H groups in total. The molecule has 4 nitrogen and oxygen atoms in total. The van der Waals surface area contributed by atoms with Gasteiger partial charge in [0.15, 0.2) is 5.78 Å². The third-order valence-electron chi connectivity index (χ3n) is 4.61. The number of hydrogen-bond donors (Lipinski definition) is 0. The van der Waals surface area contributed by atoms with Crippen LogP contribution in [0.1, 0.15) is 36.1 Å². The Balaban J connectivity index is 1.78. The zero-order chi connectivity index (χ0) is 19.2. The Bertz CT molecular complexity index is 848. The molecule has 1 aliphatic heterocycles. The smallest absolute Gasteiger partial charge is 0.410 e. The van der Waals surface area contributed by atoms with E-state index in [2.05, 4.69) is 22.0 Å². The summed E-state index contributed by atoms with van der Waals surface area (Å²) in [4.78, 5) is 25.8. The molecule has 2 aromatic rings. The second-order valence-electron chi connectivity index (χ2n) is 6.59. The molecule has 5 heteroatoms. The number of benzene rings is 2. The highest BCUT2D eigenvalue weighted by atomic mass is 79.9. The molecule has 1 unspecified atom stereocenters. The maximum atomic E-state index is 12.8. The van der Waals surface area contributed by atoms with Crippen molar-refractivity contribution in [2.75, 3.05) is 6.54 Å². The Labute approximate surface area is 168 Å². The molecule has 0 aliphatic carbocycles. The van der Waals surface area contributed by atoms with E-state index < -0.39 is 0 Å². The van der Waals surface area contributed by atoms with Gasteiger partial charge in [-0.15, -0.1) is 0 Å². The van der Waals surface area contributed by atoms with Crippen LogP contribution in [0.3, 0.4) is 0 Å². The highest BCUT2D eigenvalue weighted by Gasteiger charge is 2.31. The van der Waals surface area contributed by atoms with Gasteiger partial charge in [-0.3, -0.25) is 4.79 Å². The van der Waals surface area contributed by atoms with Gasteiger partial charge in [-0.05, 0) is 54.7 Å². The van der Waals surface area contributed by atoms with Crippen molar-refractivity contribution in [1.82, 2.24) is 4.90 Å². The van der Waals surface area contributed by atoms with Gasteiger partial charge in [0, 0.05) is 11.0 Å². The van der Waals surface area contributed by atoms with Gasteiger partial charge in [-0.2, -0.15) is 0 Å². The second-order valence-corrected chi connectivity index (χ2v) is 7.51. The summed E-state index contributed by atoms with van der Waals surface area (Å²) in [6.45, 7) is 2.36. The van der Waals surface area contributed by atoms with Crippen molar-refractivity contribution >= 4 is 27.8 Å². The predicted octanol–water partition coefficient (Wildman–Crippen LogP) is 5.22. The normalized spacial score (nSPS) is 16.2. The molecular formula is C22H22BrNO3. The first-order valence-electron chi connectivity index (χ1n) is 8.97. The van der Waals surface area contributed by atoms with Crippen molar-refractivity contribution in [2.45, 2.75) is 32.4 Å². The first-order valence-corrected chi connectivity index (χ1v) is 9.76. The highest BCUT2D eigenvalue weighted by molar-refractivity contribution is 9.10. The molecule has 3 rings (SSSR count). The molecular weight excluding hydrogens is 406 g/mol. The molecule has 0 spiro atoms. The van der Waals surface area contributed by atoms with E-state index >= 15 is 0 Å². The number of hydrogen-bond acceptors (Lipinski definition) is 3. The largest absolute Gasteiger partial charge is 0.445 e. The predicted molar refractivity (Wildman–Crippen MR) is 108 cm³/mol. The van der Waals surface area contributed by atoms with Gasteiger partial charge in [0.1, 0.15) is 6.61 Å². The Morgan fingerprint density at radius 3 is 2.74 bits per heavy atom. The van der Waals surface area contributed by atoms with E-state index in [4.69, 9.17) is 4.74 Å². The number of allylic oxidation sites excluding steroid dienone is 1. The van der Waals surface area contributed by atoms with E-state index in [-0.39, 0.29) is 24.5 Å². The fourth-order valence-corrected chi connectivity index (χ4v) is 3.73. The van der Waals surface area contributed by atoms with E-state index in [1.165, 1.54) is 12.5 Å². The summed E-state index contributed by atoms with van der Waals surface area (Å²) in [5.41, 5.74) is 3.28. The number of rotatable bonds is 5. The number of halogens is 1. The minimum absolute atomic E-state index is 0.0000400. The SMILES string of the molecule is CC(=O)/C=C/CC1c2ccc(Br)cc2CCN1C(=O)OCc1ccccc1. The van der Waals surface area contributed by atoms with Gasteiger partial charge in [0.2, 0.25) is 0 Å². The van der Waals surface area contributed by atoms with E-state index in [9.17, 15) is 9.59 Å². The van der Waals surface area contributed by atoms with Crippen LogP contribution in [0, 0.1) is 0 Å². The Kier molecular flexibility index (Phi) is 6.45. The number of carbonyl (C=O) groups excluding carboxylic acids is 2. The summed E-state index contributed by atoms with van der Waals surface area (Å²) in [5, 5.41) is 0. The van der Waals surface area contributed by atoms with Crippen molar-refractivity contribution in [3.05, 3.63) is 81.8 Å². The minimum Gasteiger partial charge on any atom is -0.445 e. The topological polar surface area (TPSA) is 46.6 Å². The average molecular weight is 428 g/mol. The maximum Gasteiger partial charge on any atom is 0.410 e. The first-order chi connectivity index (χ1) is 13.0. The third-order valence-corrected chi connectivity index (χ3v) is 5.11. The molecule has 2 aromatic carbocycles. The molecule has 0 radical (unpaired) electrons. The van der Waals surface area contributed by atoms with Crippen molar-refractivity contribution in [2.24, 2.45) is 0 Å². The van der Waals surface area contributed by atoms with Crippen molar-refractivity contribution in [3.63, 3.8) is 0 Å². The molecule has 27 heavy (non-hydrogen) atoms. The lowest BCUT2D eigenvalue weighted by atomic mass is 9.91. The number of ketones is 1. The number of carbonyl (C=O) groups is 2. The van der Waals surface area contributed by atoms with Crippen LogP contribution >= 0.6 is 15.9 Å². The fraction of sp³-hybridized carbons (Fsp3) is 0.273. The van der Waals surface area contributed by atoms with E-state index in [1.807, 2.05) is 48.5 Å². The first kappa shape index (κ1) is 19.4. The lowest BCUT2D eigenvalue weighted by Crippen LogP contribution is -2.40. The molecule has 0 saturated heterocycles. The third kappa shape index (κ3) is 5.07. The molecule has 0 aromatic heterocycles. The van der Waals surface area contributed by atoms with Crippen LogP contribution in [0.15, 0.2) is 65.2 Å². The quantitative estimate of drug-likeness (QED) is 0.614. The van der Waals surface area contributed by atoms with Gasteiger partial charge in [-0.1, -0.05) is 58.4 Å². The van der Waals surface area contributed by atoms with Gasteiger partial charge < -0.3 is 9.64 Å². The van der Waals surface area contributed by atoms with Gasteiger partial charge in [0.25, 0.3) is 0 Å². The van der Waals surface area contributed by atoms with Crippen molar-refractivity contribution < 1.29 is 14.3 Å². The maximum absolute atomic E-state index is 12.8. The van der Waals surface area contributed by atoms with Crippen LogP contribution in [-0.4, -0.2) is 23.3 Å². The summed E-state index contributed by atoms with van der Waals surface area (Å²) < 4.78 is 6.58. The lowest BCUT2D eigenvalue weighted by molar-refractivity contribution is -0.112. The molecule has 140 valence electrons. The van der Waals surface area contributed by atoms with Crippen LogP contribution in [0.2, 0.25) is 0 Å². The van der Waals surface area contributed by atoms with Gasteiger partial charge in [0.05, 0.1) is 6.04 Å². The van der Waals surface area contributed by atoms with Gasteiger partial charge >= 0.3 is 6.09 Å². The van der Waals surface area contributed by atoms with E-state index in [0.29, 0.717) is 13.0 Å². The zero-order valence-electron chi connectivity index (χ0n) is 15.2. The minimum atomic E-state index is -0.325. The zero-order valence-corrected chi connectivity index (χ0v) is 16.8. The van der Waals surface area contributed by atoms with Crippen LogP contribution in [-0.2, 0) is 22.6 Å². The number of amides is 1. The van der Waals surface area contributed by atoms with Crippen LogP contribution in [0.4, 0.5) is 4.79 Å². The lowest BCUT2D eigenvalue weighted by Gasteiger charge is -2.36. The average Bonchev–Trinajstić information content (AvgIpc) is 2.66. The van der Waals surface area contributed by atoms with Gasteiger partial charge in [-0.25, -0.2) is 4.79 Å². The summed E-state index contributed by atoms with van der Waals surface area (Å²) in [6, 6.07) is 15.6. The molecule has 1 atom stereocenters. The Hall–Kier alpha value is -2.40. The standard InChI is InChI=1S/C22H22BrNO3/c1-16(25)6-5-9-21-20-11-10-19(23)14-18(20)12-13-24(21)22(26)27-15-17-7-3-2-4-8-17/h2-8,10-11,14,21H,9,12-13,15H2,1H3/b6-5+. The molecule has 0 fully saturated rings. The monoisotopic (exact) mass is 427 g/mol. The van der Waals surface area contributed by atoms with E-state index in [1.54, 1.807) is 11.0 Å². The fourth-order valence-electron chi connectivity index (χ4n) is 3.32. The molecule has 1 heterocycles. The summed E-state index contributed by atoms with van der Waals surface area (Å²) in [6.07, 6.45) is 4.42. The van der Waals surface area contributed by atoms with Crippen LogP contribution in [0.5, 0.6) is 0 Å². The number of ether oxygens (including phenoxy) is 1. The Morgan fingerprint density at radius 2 is 2.00 bits per heavy atom. The molecule has 0 bridgehead atoms. The van der Waals surface area contributed by atoms with E-state index in [0.717, 1.165) is 22.0 Å². The molecule has 1 amide bonds. The van der Waals surface area contributed by atoms with Crippen LogP contribution in [0.25, 0.3) is 0 Å². The van der Waals surface area contributed by atoms with Crippen molar-refractivity contribution in [1.29, 1.82) is 0 Å². The Morgan fingerprint density at radius 1 is 1.22 bits per heavy atom. The second kappa shape index (κ2) is 9.00. The van der Waals surface area contributed by atoms with Crippen LogP contribution < -0.4 is 0 Å². The molecule has 1 aliphatic rings. The summed E-state index contributed by atoms with van der Waals surface area (Å²) >= 11 is 3.51. The van der Waals surface area contributed by atoms with Crippen molar-refractivity contribution in [3.8, 4) is 0 Å².